The van der Waals surface area contributed by atoms with E-state index in [2.05, 4.69) is 0 Å². The molecule has 0 amide bonds. The largest absolute Gasteiger partial charge is 0.397 e. The molecule has 6 heteroatoms. The number of benzene rings is 2. The van der Waals surface area contributed by atoms with Crippen molar-refractivity contribution in [2.75, 3.05) is 42.7 Å². The number of morpholine rings is 1. The SMILES string of the molecule is Nc1ccc(Sc2ccc(N3CCOCC3)c(F)c2)cc1N. The number of nitrogen functional groups attached to an aromatic ring is 2. The van der Waals surface area contributed by atoms with Crippen LogP contribution in [0.5, 0.6) is 0 Å². The van der Waals surface area contributed by atoms with E-state index in [9.17, 15) is 4.39 Å². The number of hydrogen-bond acceptors (Lipinski definition) is 5. The van der Waals surface area contributed by atoms with Crippen molar-refractivity contribution >= 4 is 28.8 Å². The molecule has 0 radical (unpaired) electrons. The van der Waals surface area contributed by atoms with E-state index in [1.54, 1.807) is 18.2 Å². The molecule has 116 valence electrons. The summed E-state index contributed by atoms with van der Waals surface area (Å²) in [7, 11) is 0. The van der Waals surface area contributed by atoms with Crippen molar-refractivity contribution in [2.24, 2.45) is 0 Å². The monoisotopic (exact) mass is 319 g/mol. The molecule has 4 nitrogen and oxygen atoms in total. The van der Waals surface area contributed by atoms with Crippen LogP contribution >= 0.6 is 11.8 Å². The van der Waals surface area contributed by atoms with E-state index in [0.29, 0.717) is 30.3 Å². The Hall–Kier alpha value is -1.92. The van der Waals surface area contributed by atoms with Crippen molar-refractivity contribution in [3.8, 4) is 0 Å². The lowest BCUT2D eigenvalue weighted by atomic mass is 10.2. The molecule has 0 spiro atoms. The molecule has 0 saturated carbocycles. The fraction of sp³-hybridized carbons (Fsp3) is 0.250. The maximum absolute atomic E-state index is 14.3. The molecule has 1 fully saturated rings. The van der Waals surface area contributed by atoms with Gasteiger partial charge in [0, 0.05) is 22.9 Å². The molecule has 4 N–H and O–H groups in total. The van der Waals surface area contributed by atoms with Crippen LogP contribution < -0.4 is 16.4 Å². The molecule has 3 rings (SSSR count). The minimum Gasteiger partial charge on any atom is -0.397 e. The highest BCUT2D eigenvalue weighted by atomic mass is 32.2. The van der Waals surface area contributed by atoms with E-state index < -0.39 is 0 Å². The molecule has 1 heterocycles. The Kier molecular flexibility index (Phi) is 4.40. The van der Waals surface area contributed by atoms with E-state index in [1.165, 1.54) is 11.8 Å². The number of hydrogen-bond donors (Lipinski definition) is 2. The molecule has 2 aromatic rings. The van der Waals surface area contributed by atoms with Crippen LogP contribution in [0.3, 0.4) is 0 Å². The molecule has 22 heavy (non-hydrogen) atoms. The Morgan fingerprint density at radius 1 is 0.955 bits per heavy atom. The van der Waals surface area contributed by atoms with Crippen molar-refractivity contribution in [3.63, 3.8) is 0 Å². The zero-order chi connectivity index (χ0) is 15.5. The third-order valence-electron chi connectivity index (χ3n) is 3.56. The number of nitrogens with two attached hydrogens (primary N) is 2. The highest BCUT2D eigenvalue weighted by Gasteiger charge is 2.15. The van der Waals surface area contributed by atoms with Crippen molar-refractivity contribution in [1.29, 1.82) is 0 Å². The maximum atomic E-state index is 14.3. The molecule has 0 unspecified atom stereocenters. The molecule has 2 aromatic carbocycles. The first-order chi connectivity index (χ1) is 10.6. The summed E-state index contributed by atoms with van der Waals surface area (Å²) < 4.78 is 19.6. The molecule has 1 aliphatic heterocycles. The van der Waals surface area contributed by atoms with E-state index in [4.69, 9.17) is 16.2 Å². The van der Waals surface area contributed by atoms with Gasteiger partial charge in [-0.3, -0.25) is 0 Å². The Bertz CT molecular complexity index is 674. The Labute approximate surface area is 133 Å². The van der Waals surface area contributed by atoms with Gasteiger partial charge in [0.1, 0.15) is 5.82 Å². The van der Waals surface area contributed by atoms with Crippen LogP contribution in [0.2, 0.25) is 0 Å². The van der Waals surface area contributed by atoms with Gasteiger partial charge in [0.15, 0.2) is 0 Å². The van der Waals surface area contributed by atoms with Gasteiger partial charge in [0.2, 0.25) is 0 Å². The van der Waals surface area contributed by atoms with Gasteiger partial charge < -0.3 is 21.1 Å². The lowest BCUT2D eigenvalue weighted by molar-refractivity contribution is 0.122. The van der Waals surface area contributed by atoms with Gasteiger partial charge in [-0.15, -0.1) is 0 Å². The fourth-order valence-corrected chi connectivity index (χ4v) is 3.26. The van der Waals surface area contributed by atoms with Crippen LogP contribution in [-0.4, -0.2) is 26.3 Å². The summed E-state index contributed by atoms with van der Waals surface area (Å²) in [5.41, 5.74) is 13.2. The van der Waals surface area contributed by atoms with Crippen LogP contribution in [0.25, 0.3) is 0 Å². The fourth-order valence-electron chi connectivity index (χ4n) is 2.36. The van der Waals surface area contributed by atoms with Crippen LogP contribution in [0.15, 0.2) is 46.2 Å². The number of ether oxygens (including phenoxy) is 1. The first kappa shape index (κ1) is 15.0. The highest BCUT2D eigenvalue weighted by molar-refractivity contribution is 7.99. The Morgan fingerprint density at radius 2 is 1.64 bits per heavy atom. The molecule has 0 atom stereocenters. The van der Waals surface area contributed by atoms with Crippen LogP contribution in [-0.2, 0) is 4.74 Å². The lowest BCUT2D eigenvalue weighted by Gasteiger charge is -2.29. The summed E-state index contributed by atoms with van der Waals surface area (Å²) in [6.45, 7) is 2.72. The van der Waals surface area contributed by atoms with E-state index in [1.807, 2.05) is 23.1 Å². The molecule has 0 bridgehead atoms. The molecule has 1 aliphatic rings. The van der Waals surface area contributed by atoms with E-state index in [-0.39, 0.29) is 5.82 Å². The van der Waals surface area contributed by atoms with Crippen molar-refractivity contribution in [3.05, 3.63) is 42.2 Å². The quantitative estimate of drug-likeness (QED) is 0.852. The minimum absolute atomic E-state index is 0.213. The molecule has 0 aromatic heterocycles. The second-order valence-electron chi connectivity index (χ2n) is 5.11. The maximum Gasteiger partial charge on any atom is 0.147 e. The Balaban J connectivity index is 1.77. The summed E-state index contributed by atoms with van der Waals surface area (Å²) in [5, 5.41) is 0. The average molecular weight is 319 g/mol. The van der Waals surface area contributed by atoms with Gasteiger partial charge in [0.05, 0.1) is 30.3 Å². The lowest BCUT2D eigenvalue weighted by Crippen LogP contribution is -2.36. The number of anilines is 3. The van der Waals surface area contributed by atoms with Crippen LogP contribution in [0.1, 0.15) is 0 Å². The first-order valence-electron chi connectivity index (χ1n) is 7.08. The smallest absolute Gasteiger partial charge is 0.147 e. The molecule has 0 aliphatic carbocycles. The third kappa shape index (κ3) is 3.28. The number of nitrogens with zero attached hydrogens (tertiary/aromatic N) is 1. The zero-order valence-corrected chi connectivity index (χ0v) is 12.9. The predicted molar refractivity (Wildman–Crippen MR) is 88.8 cm³/mol. The van der Waals surface area contributed by atoms with Gasteiger partial charge in [-0.05, 0) is 36.4 Å². The first-order valence-corrected chi connectivity index (χ1v) is 7.90. The van der Waals surface area contributed by atoms with Crippen molar-refractivity contribution in [1.82, 2.24) is 0 Å². The van der Waals surface area contributed by atoms with Crippen molar-refractivity contribution in [2.45, 2.75) is 9.79 Å². The summed E-state index contributed by atoms with van der Waals surface area (Å²) in [4.78, 5) is 3.78. The van der Waals surface area contributed by atoms with Gasteiger partial charge >= 0.3 is 0 Å². The van der Waals surface area contributed by atoms with Gasteiger partial charge in [-0.1, -0.05) is 11.8 Å². The summed E-state index contributed by atoms with van der Waals surface area (Å²) in [6, 6.07) is 10.7. The number of rotatable bonds is 3. The molecule has 1 saturated heterocycles. The van der Waals surface area contributed by atoms with Crippen LogP contribution in [0, 0.1) is 5.82 Å². The van der Waals surface area contributed by atoms with E-state index in [0.717, 1.165) is 22.9 Å². The molecular weight excluding hydrogens is 301 g/mol. The number of halogens is 1. The minimum atomic E-state index is -0.213. The molecular formula is C16H18FN3OS. The summed E-state index contributed by atoms with van der Waals surface area (Å²) in [5.74, 6) is -0.213. The second kappa shape index (κ2) is 6.46. The van der Waals surface area contributed by atoms with Gasteiger partial charge in [0.25, 0.3) is 0 Å². The highest BCUT2D eigenvalue weighted by Crippen LogP contribution is 2.33. The van der Waals surface area contributed by atoms with Crippen molar-refractivity contribution < 1.29 is 9.13 Å². The zero-order valence-electron chi connectivity index (χ0n) is 12.1. The topological polar surface area (TPSA) is 64.5 Å². The predicted octanol–water partition coefficient (Wildman–Crippen LogP) is 2.98. The second-order valence-corrected chi connectivity index (χ2v) is 6.25. The van der Waals surface area contributed by atoms with Crippen LogP contribution in [0.4, 0.5) is 21.5 Å². The third-order valence-corrected chi connectivity index (χ3v) is 4.54. The van der Waals surface area contributed by atoms with Gasteiger partial charge in [-0.25, -0.2) is 4.39 Å². The van der Waals surface area contributed by atoms with E-state index >= 15 is 0 Å². The normalized spacial score (nSPS) is 15.0. The summed E-state index contributed by atoms with van der Waals surface area (Å²) >= 11 is 1.46. The van der Waals surface area contributed by atoms with Gasteiger partial charge in [-0.2, -0.15) is 0 Å². The Morgan fingerprint density at radius 3 is 2.32 bits per heavy atom. The average Bonchev–Trinajstić information content (AvgIpc) is 2.52. The standard InChI is InChI=1S/C16H18FN3OS/c17-13-9-11(22-12-1-3-14(18)15(19)10-12)2-4-16(13)20-5-7-21-8-6-20/h1-4,9-10H,5-8,18-19H2. The summed E-state index contributed by atoms with van der Waals surface area (Å²) in [6.07, 6.45) is 0.